The van der Waals surface area contributed by atoms with E-state index in [1.165, 1.54) is 7.11 Å². The summed E-state index contributed by atoms with van der Waals surface area (Å²) in [6.45, 7) is 7.87. The molecule has 0 aromatic rings. The lowest BCUT2D eigenvalue weighted by Crippen LogP contribution is -2.36. The third kappa shape index (κ3) is 1.35. The number of hydrogen-bond acceptors (Lipinski definition) is 3. The number of fused-ring (bicyclic) bond motifs is 1. The van der Waals surface area contributed by atoms with Crippen molar-refractivity contribution in [3.63, 3.8) is 0 Å². The summed E-state index contributed by atoms with van der Waals surface area (Å²) in [6, 6.07) is 0. The van der Waals surface area contributed by atoms with Crippen LogP contribution in [0.2, 0.25) is 0 Å². The van der Waals surface area contributed by atoms with Crippen LogP contribution in [0.5, 0.6) is 0 Å². The number of Topliss-reactive ketones (excluding diaryl/α,β-unsaturated/α-hetero) is 1. The minimum Gasteiger partial charge on any atom is -0.468 e. The van der Waals surface area contributed by atoms with Crippen molar-refractivity contribution in [3.05, 3.63) is 17.9 Å². The van der Waals surface area contributed by atoms with E-state index in [1.54, 1.807) is 0 Å². The molecular formula is C14H18O3. The molecular weight excluding hydrogens is 216 g/mol. The number of hydrogen-bond donors (Lipinski definition) is 0. The van der Waals surface area contributed by atoms with E-state index >= 15 is 0 Å². The Morgan fingerprint density at radius 1 is 1.59 bits per heavy atom. The quantitative estimate of drug-likeness (QED) is 0.417. The maximum atomic E-state index is 12.1. The second kappa shape index (κ2) is 3.85. The first kappa shape index (κ1) is 12.1. The Hall–Kier alpha value is -1.34. The summed E-state index contributed by atoms with van der Waals surface area (Å²) in [5.74, 6) is 0.342. The summed E-state index contributed by atoms with van der Waals surface area (Å²) in [6.07, 6.45) is 1.31. The van der Waals surface area contributed by atoms with Gasteiger partial charge in [-0.05, 0) is 18.3 Å². The topological polar surface area (TPSA) is 43.4 Å². The Morgan fingerprint density at radius 2 is 2.24 bits per heavy atom. The second-order valence-corrected chi connectivity index (χ2v) is 5.24. The van der Waals surface area contributed by atoms with Crippen molar-refractivity contribution in [2.45, 2.75) is 26.7 Å². The van der Waals surface area contributed by atoms with Crippen molar-refractivity contribution in [2.75, 3.05) is 7.11 Å². The van der Waals surface area contributed by atoms with E-state index < -0.39 is 11.4 Å². The number of carbonyl (C=O) groups excluding carboxylic acids is 2. The minimum atomic E-state index is -1.02. The van der Waals surface area contributed by atoms with Crippen LogP contribution in [-0.4, -0.2) is 18.9 Å². The van der Waals surface area contributed by atoms with Crippen LogP contribution in [0.15, 0.2) is 17.9 Å². The van der Waals surface area contributed by atoms with Crippen LogP contribution < -0.4 is 0 Å². The van der Waals surface area contributed by atoms with Crippen LogP contribution in [0.25, 0.3) is 0 Å². The average molecular weight is 234 g/mol. The Kier molecular flexibility index (Phi) is 2.75. The molecule has 0 heterocycles. The number of ketones is 1. The highest BCUT2D eigenvalue weighted by Gasteiger charge is 2.74. The molecule has 0 radical (unpaired) electrons. The summed E-state index contributed by atoms with van der Waals surface area (Å²) in [5, 5.41) is 0. The van der Waals surface area contributed by atoms with Crippen LogP contribution in [0.1, 0.15) is 26.7 Å². The van der Waals surface area contributed by atoms with Gasteiger partial charge in [-0.3, -0.25) is 9.59 Å². The van der Waals surface area contributed by atoms with E-state index in [-0.39, 0.29) is 11.7 Å². The maximum absolute atomic E-state index is 12.1. The van der Waals surface area contributed by atoms with Gasteiger partial charge < -0.3 is 4.74 Å². The highest BCUT2D eigenvalue weighted by Crippen LogP contribution is 2.67. The van der Waals surface area contributed by atoms with Gasteiger partial charge in [0.15, 0.2) is 11.2 Å². The molecule has 0 bridgehead atoms. The molecule has 2 rings (SSSR count). The third-order valence-corrected chi connectivity index (χ3v) is 4.25. The van der Waals surface area contributed by atoms with Crippen molar-refractivity contribution in [3.8, 4) is 0 Å². The number of methoxy groups -OCH3 is 1. The zero-order valence-electron chi connectivity index (χ0n) is 10.6. The highest BCUT2D eigenvalue weighted by atomic mass is 16.5. The maximum Gasteiger partial charge on any atom is 0.324 e. The smallest absolute Gasteiger partial charge is 0.324 e. The molecule has 0 aromatic heterocycles. The summed E-state index contributed by atoms with van der Waals surface area (Å²) in [5.41, 5.74) is 2.53. The van der Waals surface area contributed by atoms with Gasteiger partial charge in [0.05, 0.1) is 7.11 Å². The SMILES string of the molecule is C=C=C1[C@@H]2[C@@H](C(C)C)CCC(=O)[C@]12C(=O)OC. The first-order chi connectivity index (χ1) is 8.01. The Labute approximate surface area is 102 Å². The molecule has 0 amide bonds. The van der Waals surface area contributed by atoms with Gasteiger partial charge >= 0.3 is 5.97 Å². The normalized spacial score (nSPS) is 35.3. The van der Waals surface area contributed by atoms with Crippen molar-refractivity contribution in [1.82, 2.24) is 0 Å². The molecule has 3 nitrogen and oxygen atoms in total. The van der Waals surface area contributed by atoms with Crippen molar-refractivity contribution in [1.29, 1.82) is 0 Å². The van der Waals surface area contributed by atoms with Gasteiger partial charge in [0, 0.05) is 17.9 Å². The fraction of sp³-hybridized carbons (Fsp3) is 0.643. The third-order valence-electron chi connectivity index (χ3n) is 4.25. The van der Waals surface area contributed by atoms with Crippen LogP contribution >= 0.6 is 0 Å². The number of rotatable bonds is 2. The zero-order valence-corrected chi connectivity index (χ0v) is 10.6. The molecule has 0 aliphatic heterocycles. The van der Waals surface area contributed by atoms with Gasteiger partial charge in [-0.2, -0.15) is 0 Å². The highest BCUT2D eigenvalue weighted by molar-refractivity contribution is 6.13. The van der Waals surface area contributed by atoms with Gasteiger partial charge in [0.2, 0.25) is 0 Å². The van der Waals surface area contributed by atoms with E-state index in [2.05, 4.69) is 26.2 Å². The Bertz CT molecular complexity index is 419. The van der Waals surface area contributed by atoms with E-state index in [1.807, 2.05) is 0 Å². The lowest BCUT2D eigenvalue weighted by Gasteiger charge is -2.27. The first-order valence-electron chi connectivity index (χ1n) is 6.03. The average Bonchev–Trinajstić information content (AvgIpc) is 2.99. The molecule has 2 fully saturated rings. The molecule has 17 heavy (non-hydrogen) atoms. The van der Waals surface area contributed by atoms with Crippen molar-refractivity contribution >= 4 is 11.8 Å². The largest absolute Gasteiger partial charge is 0.468 e. The number of esters is 1. The van der Waals surface area contributed by atoms with Gasteiger partial charge in [0.25, 0.3) is 0 Å². The number of ether oxygens (including phenoxy) is 1. The summed E-state index contributed by atoms with van der Waals surface area (Å²) in [4.78, 5) is 24.1. The summed E-state index contributed by atoms with van der Waals surface area (Å²) >= 11 is 0. The lowest BCUT2D eigenvalue weighted by atomic mass is 9.75. The zero-order chi connectivity index (χ0) is 12.8. The van der Waals surface area contributed by atoms with E-state index in [0.717, 1.165) is 12.0 Å². The van der Waals surface area contributed by atoms with Crippen LogP contribution in [-0.2, 0) is 14.3 Å². The molecule has 2 aliphatic rings. The van der Waals surface area contributed by atoms with E-state index in [4.69, 9.17) is 4.74 Å². The van der Waals surface area contributed by atoms with Crippen molar-refractivity contribution < 1.29 is 14.3 Å². The molecule has 0 N–H and O–H groups in total. The van der Waals surface area contributed by atoms with Crippen molar-refractivity contribution in [2.24, 2.45) is 23.2 Å². The van der Waals surface area contributed by atoms with Gasteiger partial charge in [-0.1, -0.05) is 20.4 Å². The van der Waals surface area contributed by atoms with Gasteiger partial charge in [0.1, 0.15) is 0 Å². The van der Waals surface area contributed by atoms with Gasteiger partial charge in [-0.25, -0.2) is 0 Å². The van der Waals surface area contributed by atoms with E-state index in [0.29, 0.717) is 18.3 Å². The summed E-state index contributed by atoms with van der Waals surface area (Å²) < 4.78 is 4.82. The molecule has 0 unspecified atom stereocenters. The monoisotopic (exact) mass is 234 g/mol. The fourth-order valence-electron chi connectivity index (χ4n) is 3.35. The standard InChI is InChI=1S/C14H18O3/c1-5-10-12-9(8(2)3)6-7-11(15)14(10,12)13(16)17-4/h8-9,12H,1,6-7H2,2-4H3/t9-,12+,14-/m1/s1. The molecule has 0 saturated heterocycles. The second-order valence-electron chi connectivity index (χ2n) is 5.24. The Balaban J connectivity index is 2.45. The van der Waals surface area contributed by atoms with Crippen LogP contribution in [0.3, 0.4) is 0 Å². The van der Waals surface area contributed by atoms with Crippen LogP contribution in [0, 0.1) is 23.2 Å². The Morgan fingerprint density at radius 3 is 2.71 bits per heavy atom. The summed E-state index contributed by atoms with van der Waals surface area (Å²) in [7, 11) is 1.33. The van der Waals surface area contributed by atoms with Crippen LogP contribution in [0.4, 0.5) is 0 Å². The minimum absolute atomic E-state index is 0.0163. The lowest BCUT2D eigenvalue weighted by molar-refractivity contribution is -0.153. The molecule has 0 spiro atoms. The number of carbonyl (C=O) groups is 2. The van der Waals surface area contributed by atoms with Gasteiger partial charge in [-0.15, -0.1) is 5.73 Å². The first-order valence-corrected chi connectivity index (χ1v) is 6.03. The molecule has 3 atom stereocenters. The molecule has 3 heteroatoms. The molecule has 0 aromatic carbocycles. The fourth-order valence-corrected chi connectivity index (χ4v) is 3.35. The molecule has 92 valence electrons. The molecule has 2 saturated carbocycles. The molecule has 2 aliphatic carbocycles. The predicted octanol–water partition coefficient (Wildman–Crippen LogP) is 2.12. The van der Waals surface area contributed by atoms with E-state index in [9.17, 15) is 9.59 Å². The predicted molar refractivity (Wildman–Crippen MR) is 63.2 cm³/mol.